The molecular formula is C34H33Cl2SiZr. The van der Waals surface area contributed by atoms with Crippen LogP contribution in [-0.4, -0.2) is 5.92 Å². The van der Waals surface area contributed by atoms with Crippen LogP contribution in [0.5, 0.6) is 0 Å². The first-order valence-electron chi connectivity index (χ1n) is 13.5. The molecule has 2 aliphatic rings. The summed E-state index contributed by atoms with van der Waals surface area (Å²) < 4.78 is 0.231. The molecule has 4 aromatic rings. The molecule has 2 atom stereocenters. The van der Waals surface area contributed by atoms with Crippen LogP contribution in [0, 0.1) is 0 Å². The van der Waals surface area contributed by atoms with Crippen molar-refractivity contribution in [3.8, 4) is 22.3 Å². The van der Waals surface area contributed by atoms with Gasteiger partial charge < -0.3 is 0 Å². The van der Waals surface area contributed by atoms with E-state index in [9.17, 15) is 0 Å². The van der Waals surface area contributed by atoms with Gasteiger partial charge in [0.15, 0.2) is 0 Å². The van der Waals surface area contributed by atoms with Gasteiger partial charge in [-0.25, -0.2) is 0 Å². The van der Waals surface area contributed by atoms with Crippen molar-refractivity contribution in [3.63, 3.8) is 0 Å². The zero-order valence-electron chi connectivity index (χ0n) is 22.4. The van der Waals surface area contributed by atoms with E-state index in [4.69, 9.17) is 17.0 Å². The maximum atomic E-state index is 8.34. The van der Waals surface area contributed by atoms with Crippen LogP contribution in [0.25, 0.3) is 34.4 Å². The third kappa shape index (κ3) is 4.03. The molecule has 0 saturated heterocycles. The number of halogens is 2. The van der Waals surface area contributed by atoms with E-state index in [0.29, 0.717) is 0 Å². The van der Waals surface area contributed by atoms with Crippen LogP contribution in [0.4, 0.5) is 0 Å². The van der Waals surface area contributed by atoms with Crippen LogP contribution in [0.15, 0.2) is 108 Å². The van der Waals surface area contributed by atoms with Gasteiger partial charge in [0.05, 0.1) is 0 Å². The van der Waals surface area contributed by atoms with Crippen LogP contribution in [0.3, 0.4) is 0 Å². The summed E-state index contributed by atoms with van der Waals surface area (Å²) in [5, 5.41) is 0. The van der Waals surface area contributed by atoms with Crippen LogP contribution >= 0.6 is 17.0 Å². The molecule has 4 heteroatoms. The Morgan fingerprint density at radius 2 is 0.947 bits per heavy atom. The Labute approximate surface area is 235 Å². The van der Waals surface area contributed by atoms with Crippen molar-refractivity contribution in [3.05, 3.63) is 130 Å². The summed E-state index contributed by atoms with van der Waals surface area (Å²) in [5.74, 6) is -1.54. The van der Waals surface area contributed by atoms with E-state index >= 15 is 0 Å². The Hall–Kier alpha value is -1.96. The molecule has 0 amide bonds. The molecule has 0 radical (unpaired) electrons. The fraction of sp³-hybridized carbons (Fsp3) is 0.176. The van der Waals surface area contributed by atoms with E-state index in [1.807, 2.05) is 0 Å². The van der Waals surface area contributed by atoms with Gasteiger partial charge in [-0.3, -0.25) is 0 Å². The molecule has 0 spiro atoms. The second kappa shape index (κ2) is 9.60. The summed E-state index contributed by atoms with van der Waals surface area (Å²) in [7, 11) is 16.7. The van der Waals surface area contributed by atoms with Gasteiger partial charge in [-0.2, -0.15) is 0 Å². The second-order valence-corrected chi connectivity index (χ2v) is 53.9. The van der Waals surface area contributed by atoms with Gasteiger partial charge in [-0.15, -0.1) is 0 Å². The Kier molecular flexibility index (Phi) is 6.64. The van der Waals surface area contributed by atoms with E-state index in [1.165, 1.54) is 55.7 Å². The van der Waals surface area contributed by atoms with Crippen molar-refractivity contribution in [1.29, 1.82) is 0 Å². The summed E-state index contributed by atoms with van der Waals surface area (Å²) in [5.41, 5.74) is 12.8. The molecule has 0 aromatic heterocycles. The Bertz CT molecular complexity index is 1490. The summed E-state index contributed by atoms with van der Waals surface area (Å²) in [6.07, 6.45) is 4.69. The molecule has 6 rings (SSSR count). The number of hydrogen-bond acceptors (Lipinski definition) is 0. The molecule has 2 aliphatic carbocycles. The van der Waals surface area contributed by atoms with Crippen molar-refractivity contribution < 1.29 is 15.6 Å². The summed E-state index contributed by atoms with van der Waals surface area (Å²) >= 11 is -4.63. The van der Waals surface area contributed by atoms with Crippen LogP contribution < -0.4 is 0 Å². The average Bonchev–Trinajstić information content (AvgIpc) is 3.44. The molecule has 0 aliphatic heterocycles. The molecule has 38 heavy (non-hydrogen) atoms. The quantitative estimate of drug-likeness (QED) is 0.192. The Morgan fingerprint density at radius 3 is 1.32 bits per heavy atom. The van der Waals surface area contributed by atoms with Gasteiger partial charge in [-0.05, 0) is 0 Å². The fourth-order valence-corrected chi connectivity index (χ4v) is 39.9. The van der Waals surface area contributed by atoms with Crippen molar-refractivity contribution in [2.45, 2.75) is 34.2 Å². The number of benzene rings is 4. The van der Waals surface area contributed by atoms with Gasteiger partial charge >= 0.3 is 238 Å². The molecule has 191 valence electrons. The monoisotopic (exact) mass is 629 g/mol. The maximum absolute atomic E-state index is 8.34. The van der Waals surface area contributed by atoms with E-state index in [1.54, 1.807) is 0 Å². The number of rotatable bonds is 5. The van der Waals surface area contributed by atoms with E-state index < -0.39 is 21.5 Å². The van der Waals surface area contributed by atoms with Gasteiger partial charge in [0.25, 0.3) is 0 Å². The Morgan fingerprint density at radius 1 is 0.553 bits per heavy atom. The zero-order chi connectivity index (χ0) is 26.7. The summed E-state index contributed by atoms with van der Waals surface area (Å²) in [6, 6.07) is 35.1. The molecule has 0 N–H and O–H groups in total. The first-order chi connectivity index (χ1) is 18.2. The topological polar surface area (TPSA) is 0 Å². The van der Waals surface area contributed by atoms with Crippen LogP contribution in [0.1, 0.15) is 43.4 Å². The van der Waals surface area contributed by atoms with Crippen molar-refractivity contribution in [1.82, 2.24) is 0 Å². The van der Waals surface area contributed by atoms with E-state index in [-0.39, 0.29) is 7.25 Å². The molecule has 0 nitrogen and oxygen atoms in total. The predicted octanol–water partition coefficient (Wildman–Crippen LogP) is 10.6. The van der Waals surface area contributed by atoms with Gasteiger partial charge in [-0.1, -0.05) is 0 Å². The summed E-state index contributed by atoms with van der Waals surface area (Å²) in [6.45, 7) is 9.34. The first kappa shape index (κ1) is 26.3. The molecule has 0 heterocycles. The van der Waals surface area contributed by atoms with Gasteiger partial charge in [0.1, 0.15) is 0 Å². The molecular weight excluding hydrogens is 599 g/mol. The standard InChI is InChI=1S/2C16H13.C2H7Si.2ClH.Zr/c2*1-12-9-14-7-8-15(11-16(14)10-12)13-5-3-2-4-6-13;1-3-2;;;/h2*2-11H,1H3;3H,1-2H3;2*1H;/q;;;;;+2/p-2. The summed E-state index contributed by atoms with van der Waals surface area (Å²) in [4.78, 5) is 0. The zero-order valence-corrected chi connectivity index (χ0v) is 27.5. The van der Waals surface area contributed by atoms with E-state index in [0.717, 1.165) is 0 Å². The molecule has 4 aromatic carbocycles. The van der Waals surface area contributed by atoms with Crippen LogP contribution in [0.2, 0.25) is 13.1 Å². The second-order valence-electron chi connectivity index (χ2n) is 11.4. The van der Waals surface area contributed by atoms with Gasteiger partial charge in [0, 0.05) is 0 Å². The van der Waals surface area contributed by atoms with Crippen molar-refractivity contribution >= 4 is 35.1 Å². The van der Waals surface area contributed by atoms with Gasteiger partial charge in [0.2, 0.25) is 0 Å². The van der Waals surface area contributed by atoms with Crippen molar-refractivity contribution in [2.75, 3.05) is 0 Å². The average molecular weight is 632 g/mol. The Balaban J connectivity index is 1.54. The number of fused-ring (bicyclic) bond motifs is 2. The third-order valence-electron chi connectivity index (χ3n) is 8.89. The molecule has 0 saturated carbocycles. The first-order valence-corrected chi connectivity index (χ1v) is 29.8. The number of allylic oxidation sites excluding steroid dienone is 2. The number of hydrogen-bond donors (Lipinski definition) is 0. The van der Waals surface area contributed by atoms with Crippen molar-refractivity contribution in [2.24, 2.45) is 0 Å². The minimum atomic E-state index is -4.63. The normalized spacial score (nSPS) is 19.4. The molecule has 2 unspecified atom stereocenters. The minimum absolute atomic E-state index is 0.116. The van der Waals surface area contributed by atoms with Crippen LogP contribution in [-0.2, 0) is 15.6 Å². The predicted molar refractivity (Wildman–Crippen MR) is 167 cm³/mol. The van der Waals surface area contributed by atoms with E-state index in [2.05, 4.69) is 136 Å². The molecule has 0 bridgehead atoms. The SMILES string of the molecule is CC1=Cc2ccc(-c3ccccc3)cc2[CH]1[Zr]([Cl])([Cl])([CH]1C(C)=Cc2ccc(-c3ccccc3)cc21)[SiH](C)C. The third-order valence-corrected chi connectivity index (χ3v) is 61.2. The molecule has 0 fully saturated rings. The fourth-order valence-electron chi connectivity index (χ4n) is 6.98.